The molecule has 0 spiro atoms. The Bertz CT molecular complexity index is 542. The van der Waals surface area contributed by atoms with Crippen LogP contribution in [0.3, 0.4) is 0 Å². The highest BCUT2D eigenvalue weighted by Gasteiger charge is 2.26. The van der Waals surface area contributed by atoms with Crippen LogP contribution in [-0.2, 0) is 0 Å². The molecule has 1 aliphatic carbocycles. The molecular weight excluding hydrogens is 178 g/mol. The second-order valence-electron chi connectivity index (χ2n) is 3.57. The zero-order valence-electron chi connectivity index (χ0n) is 7.55. The van der Waals surface area contributed by atoms with Gasteiger partial charge in [-0.15, -0.1) is 0 Å². The second-order valence-corrected chi connectivity index (χ2v) is 3.57. The molecule has 0 unspecified atom stereocenters. The van der Waals surface area contributed by atoms with Crippen LogP contribution in [0, 0.1) is 0 Å². The Hall–Kier alpha value is -1.71. The average molecular weight is 187 g/mol. The third-order valence-electron chi connectivity index (χ3n) is 2.50. The third kappa shape index (κ3) is 1.04. The molecule has 1 aliphatic rings. The lowest BCUT2D eigenvalue weighted by Crippen LogP contribution is -2.18. The predicted octanol–water partition coefficient (Wildman–Crippen LogP) is 1.13. The van der Waals surface area contributed by atoms with Crippen molar-refractivity contribution in [3.63, 3.8) is 0 Å². The smallest absolute Gasteiger partial charge is 0.252 e. The van der Waals surface area contributed by atoms with Crippen molar-refractivity contribution in [3.8, 4) is 0 Å². The van der Waals surface area contributed by atoms with Gasteiger partial charge in [0.25, 0.3) is 5.56 Å². The SMILES string of the molecule is O=c1ccc2cncnc2n1C1CC1. The molecule has 0 aromatic carbocycles. The van der Waals surface area contributed by atoms with Crippen molar-refractivity contribution < 1.29 is 0 Å². The van der Waals surface area contributed by atoms with Crippen molar-refractivity contribution in [2.45, 2.75) is 18.9 Å². The van der Waals surface area contributed by atoms with E-state index in [2.05, 4.69) is 9.97 Å². The number of nitrogens with zero attached hydrogens (tertiary/aromatic N) is 3. The first kappa shape index (κ1) is 7.67. The molecule has 0 bridgehead atoms. The lowest BCUT2D eigenvalue weighted by Gasteiger charge is -2.05. The summed E-state index contributed by atoms with van der Waals surface area (Å²) in [5.74, 6) is 0. The Labute approximate surface area is 80.2 Å². The monoisotopic (exact) mass is 187 g/mol. The summed E-state index contributed by atoms with van der Waals surface area (Å²) in [6.45, 7) is 0. The van der Waals surface area contributed by atoms with E-state index in [1.165, 1.54) is 6.33 Å². The Morgan fingerprint density at radius 2 is 2.21 bits per heavy atom. The van der Waals surface area contributed by atoms with Gasteiger partial charge in [-0.25, -0.2) is 9.97 Å². The molecule has 0 aliphatic heterocycles. The van der Waals surface area contributed by atoms with E-state index in [4.69, 9.17) is 0 Å². The van der Waals surface area contributed by atoms with E-state index in [1.54, 1.807) is 22.9 Å². The van der Waals surface area contributed by atoms with E-state index in [0.717, 1.165) is 23.9 Å². The standard InChI is InChI=1S/C10H9N3O/c14-9-4-1-7-5-11-6-12-10(7)13(9)8-2-3-8/h1,4-6,8H,2-3H2. The molecule has 14 heavy (non-hydrogen) atoms. The first-order chi connectivity index (χ1) is 6.86. The Kier molecular flexibility index (Phi) is 1.45. The molecule has 0 N–H and O–H groups in total. The highest BCUT2D eigenvalue weighted by atomic mass is 16.1. The minimum Gasteiger partial charge on any atom is -0.290 e. The van der Waals surface area contributed by atoms with Crippen molar-refractivity contribution in [2.75, 3.05) is 0 Å². The fraction of sp³-hybridized carbons (Fsp3) is 0.300. The van der Waals surface area contributed by atoms with Gasteiger partial charge in [0.15, 0.2) is 0 Å². The van der Waals surface area contributed by atoms with Gasteiger partial charge in [-0.05, 0) is 18.9 Å². The lowest BCUT2D eigenvalue weighted by atomic mass is 10.3. The number of rotatable bonds is 1. The maximum absolute atomic E-state index is 11.6. The molecule has 70 valence electrons. The molecule has 2 heterocycles. The number of pyridine rings is 1. The van der Waals surface area contributed by atoms with E-state index in [-0.39, 0.29) is 5.56 Å². The van der Waals surface area contributed by atoms with Gasteiger partial charge in [-0.2, -0.15) is 0 Å². The Morgan fingerprint density at radius 3 is 3.00 bits per heavy atom. The van der Waals surface area contributed by atoms with Crippen molar-refractivity contribution in [3.05, 3.63) is 35.0 Å². The zero-order valence-corrected chi connectivity index (χ0v) is 7.55. The summed E-state index contributed by atoms with van der Waals surface area (Å²) in [6.07, 6.45) is 5.40. The molecular formula is C10H9N3O. The summed E-state index contributed by atoms with van der Waals surface area (Å²) >= 11 is 0. The summed E-state index contributed by atoms with van der Waals surface area (Å²) in [4.78, 5) is 19.7. The highest BCUT2D eigenvalue weighted by Crippen LogP contribution is 2.34. The fourth-order valence-electron chi connectivity index (χ4n) is 1.68. The molecule has 4 heteroatoms. The fourth-order valence-corrected chi connectivity index (χ4v) is 1.68. The number of hydrogen-bond donors (Lipinski definition) is 0. The van der Waals surface area contributed by atoms with Crippen molar-refractivity contribution in [1.29, 1.82) is 0 Å². The molecule has 1 fully saturated rings. The molecule has 0 amide bonds. The largest absolute Gasteiger partial charge is 0.290 e. The van der Waals surface area contributed by atoms with Crippen LogP contribution in [0.1, 0.15) is 18.9 Å². The minimum atomic E-state index is 0.0405. The number of hydrogen-bond acceptors (Lipinski definition) is 3. The summed E-state index contributed by atoms with van der Waals surface area (Å²) in [5.41, 5.74) is 0.800. The lowest BCUT2D eigenvalue weighted by molar-refractivity contribution is 0.728. The first-order valence-corrected chi connectivity index (χ1v) is 4.67. The summed E-state index contributed by atoms with van der Waals surface area (Å²) in [6, 6.07) is 3.72. The van der Waals surface area contributed by atoms with E-state index in [0.29, 0.717) is 6.04 Å². The van der Waals surface area contributed by atoms with Gasteiger partial charge in [0, 0.05) is 23.7 Å². The molecule has 0 atom stereocenters. The Balaban J connectivity index is 2.42. The maximum atomic E-state index is 11.6. The normalized spacial score (nSPS) is 16.0. The average Bonchev–Trinajstić information content (AvgIpc) is 3.01. The summed E-state index contributed by atoms with van der Waals surface area (Å²) in [5, 5.41) is 0.930. The van der Waals surface area contributed by atoms with E-state index in [9.17, 15) is 4.79 Å². The minimum absolute atomic E-state index is 0.0405. The summed E-state index contributed by atoms with van der Waals surface area (Å²) < 4.78 is 1.77. The van der Waals surface area contributed by atoms with Gasteiger partial charge >= 0.3 is 0 Å². The van der Waals surface area contributed by atoms with Gasteiger partial charge in [0.05, 0.1) is 0 Å². The van der Waals surface area contributed by atoms with Crippen LogP contribution in [0.25, 0.3) is 11.0 Å². The molecule has 4 nitrogen and oxygen atoms in total. The van der Waals surface area contributed by atoms with Crippen LogP contribution >= 0.6 is 0 Å². The van der Waals surface area contributed by atoms with Crippen LogP contribution in [-0.4, -0.2) is 14.5 Å². The molecule has 3 rings (SSSR count). The van der Waals surface area contributed by atoms with Gasteiger partial charge in [-0.3, -0.25) is 9.36 Å². The second kappa shape index (κ2) is 2.64. The van der Waals surface area contributed by atoms with Crippen LogP contribution in [0.4, 0.5) is 0 Å². The molecule has 2 aromatic rings. The molecule has 1 saturated carbocycles. The van der Waals surface area contributed by atoms with Gasteiger partial charge in [0.1, 0.15) is 12.0 Å². The molecule has 0 radical (unpaired) electrons. The maximum Gasteiger partial charge on any atom is 0.252 e. The van der Waals surface area contributed by atoms with Gasteiger partial charge < -0.3 is 0 Å². The molecule has 0 saturated heterocycles. The van der Waals surface area contributed by atoms with E-state index in [1.807, 2.05) is 0 Å². The van der Waals surface area contributed by atoms with E-state index < -0.39 is 0 Å². The molecule has 2 aromatic heterocycles. The zero-order chi connectivity index (χ0) is 9.54. The van der Waals surface area contributed by atoms with Crippen molar-refractivity contribution in [2.24, 2.45) is 0 Å². The summed E-state index contributed by atoms with van der Waals surface area (Å²) in [7, 11) is 0. The van der Waals surface area contributed by atoms with Crippen LogP contribution in [0.15, 0.2) is 29.5 Å². The van der Waals surface area contributed by atoms with Gasteiger partial charge in [0.2, 0.25) is 0 Å². The third-order valence-corrected chi connectivity index (χ3v) is 2.50. The topological polar surface area (TPSA) is 47.8 Å². The predicted molar refractivity (Wildman–Crippen MR) is 52.1 cm³/mol. The quantitative estimate of drug-likeness (QED) is 0.672. The highest BCUT2D eigenvalue weighted by molar-refractivity contribution is 5.73. The van der Waals surface area contributed by atoms with Gasteiger partial charge in [-0.1, -0.05) is 0 Å². The number of aromatic nitrogens is 3. The number of fused-ring (bicyclic) bond motifs is 1. The first-order valence-electron chi connectivity index (χ1n) is 4.67. The van der Waals surface area contributed by atoms with Crippen molar-refractivity contribution in [1.82, 2.24) is 14.5 Å². The van der Waals surface area contributed by atoms with Crippen molar-refractivity contribution >= 4 is 11.0 Å². The van der Waals surface area contributed by atoms with Crippen LogP contribution in [0.5, 0.6) is 0 Å². The Morgan fingerprint density at radius 1 is 1.36 bits per heavy atom. The van der Waals surface area contributed by atoms with E-state index >= 15 is 0 Å². The van der Waals surface area contributed by atoms with Crippen LogP contribution in [0.2, 0.25) is 0 Å². The van der Waals surface area contributed by atoms with Crippen LogP contribution < -0.4 is 5.56 Å².